The number of β-amino-alcohol motifs (C(OH)–C–C–N with tert-alkyl or cyclic N) is 1. The van der Waals surface area contributed by atoms with Crippen LogP contribution in [0.1, 0.15) is 43.8 Å². The summed E-state index contributed by atoms with van der Waals surface area (Å²) in [7, 11) is 0. The molecule has 2 aliphatic rings. The number of alkyl halides is 3. The number of rotatable bonds is 12. The molecule has 4 rings (SSSR count). The van der Waals surface area contributed by atoms with Crippen LogP contribution in [0.25, 0.3) is 0 Å². The summed E-state index contributed by atoms with van der Waals surface area (Å²) in [6, 6.07) is 10.7. The number of hydrogen-bond donors (Lipinski definition) is 4. The Bertz CT molecular complexity index is 1180. The molecule has 43 heavy (non-hydrogen) atoms. The van der Waals surface area contributed by atoms with Crippen molar-refractivity contribution in [3.8, 4) is 17.2 Å². The first-order valence-corrected chi connectivity index (χ1v) is 13.9. The molecule has 0 radical (unpaired) electrons. The molecule has 14 heteroatoms. The maximum atomic E-state index is 13.0. The van der Waals surface area contributed by atoms with Gasteiger partial charge in [-0.15, -0.1) is 0 Å². The number of benzene rings is 2. The van der Waals surface area contributed by atoms with Gasteiger partial charge in [-0.1, -0.05) is 6.07 Å². The van der Waals surface area contributed by atoms with E-state index in [4.69, 9.17) is 24.1 Å². The van der Waals surface area contributed by atoms with Crippen molar-refractivity contribution in [2.24, 2.45) is 0 Å². The van der Waals surface area contributed by atoms with Gasteiger partial charge < -0.3 is 34.8 Å². The van der Waals surface area contributed by atoms with E-state index in [9.17, 15) is 32.6 Å². The normalized spacial score (nSPS) is 17.8. The Kier molecular flexibility index (Phi) is 12.8. The molecule has 0 aliphatic carbocycles. The van der Waals surface area contributed by atoms with Crippen molar-refractivity contribution in [2.75, 3.05) is 39.5 Å². The lowest BCUT2D eigenvalue weighted by Gasteiger charge is -2.29. The molecule has 4 N–H and O–H groups in total. The zero-order chi connectivity index (χ0) is 31.4. The summed E-state index contributed by atoms with van der Waals surface area (Å²) in [5, 5.41) is 31.2. The zero-order valence-corrected chi connectivity index (χ0v) is 23.4. The molecule has 0 saturated carbocycles. The van der Waals surface area contributed by atoms with Gasteiger partial charge in [-0.3, -0.25) is 9.69 Å². The molecule has 2 aliphatic heterocycles. The molecule has 0 spiro atoms. The Balaban J connectivity index is 0.000000646. The Morgan fingerprint density at radius 1 is 1.05 bits per heavy atom. The number of carboxylic acid groups (broad SMARTS) is 1. The van der Waals surface area contributed by atoms with Crippen molar-refractivity contribution < 1.29 is 56.7 Å². The van der Waals surface area contributed by atoms with Crippen molar-refractivity contribution in [3.63, 3.8) is 0 Å². The summed E-state index contributed by atoms with van der Waals surface area (Å²) in [6.07, 6.45) is -3.11. The third-order valence-corrected chi connectivity index (χ3v) is 6.71. The van der Waals surface area contributed by atoms with Gasteiger partial charge in [-0.05, 0) is 67.6 Å². The lowest BCUT2D eigenvalue weighted by Crippen LogP contribution is -2.47. The van der Waals surface area contributed by atoms with Crippen LogP contribution in [0, 0.1) is 5.82 Å². The third kappa shape index (κ3) is 11.5. The molecule has 1 amide bonds. The van der Waals surface area contributed by atoms with Crippen LogP contribution >= 0.6 is 0 Å². The minimum Gasteiger partial charge on any atom is -0.494 e. The molecule has 0 unspecified atom stereocenters. The molecule has 2 heterocycles. The quantitative estimate of drug-likeness (QED) is 0.209. The predicted molar refractivity (Wildman–Crippen MR) is 145 cm³/mol. The standard InChI is InChI=1S/C27H35FN2O6.C2HF3O2/c28-20-6-8-22(9-7-20)34-13-3-1-2-4-26(32)29-23(18-30-12-11-21(31)17-30)27(33)19-5-10-24-25(16-19)36-15-14-35-24;3-2(4,5)1(6)7/h5-10,16,21,23,27,31,33H,1-4,11-15,17-18H2,(H,29,32);(H,6,7)/t21-,23+,27+;/m0./s1. The number of aliphatic carboxylic acids is 1. The highest BCUT2D eigenvalue weighted by Gasteiger charge is 2.38. The van der Waals surface area contributed by atoms with Crippen molar-refractivity contribution in [3.05, 3.63) is 53.8 Å². The molecular formula is C29H36F4N2O8. The van der Waals surface area contributed by atoms with E-state index in [0.717, 1.165) is 19.4 Å². The fraction of sp³-hybridized carbons (Fsp3) is 0.517. The summed E-state index contributed by atoms with van der Waals surface area (Å²) < 4.78 is 61.5. The first-order valence-electron chi connectivity index (χ1n) is 13.9. The van der Waals surface area contributed by atoms with Crippen LogP contribution in [0.3, 0.4) is 0 Å². The molecule has 3 atom stereocenters. The topological polar surface area (TPSA) is 138 Å². The van der Waals surface area contributed by atoms with E-state index in [1.807, 2.05) is 0 Å². The highest BCUT2D eigenvalue weighted by Crippen LogP contribution is 2.33. The van der Waals surface area contributed by atoms with Gasteiger partial charge in [0.25, 0.3) is 0 Å². The van der Waals surface area contributed by atoms with Crippen LogP contribution in [-0.4, -0.2) is 89.9 Å². The Hall–Kier alpha value is -3.62. The molecule has 0 aromatic heterocycles. The van der Waals surface area contributed by atoms with E-state index in [0.29, 0.717) is 75.0 Å². The number of nitrogens with zero attached hydrogens (tertiary/aromatic N) is 1. The van der Waals surface area contributed by atoms with E-state index < -0.39 is 24.3 Å². The maximum absolute atomic E-state index is 13.0. The summed E-state index contributed by atoms with van der Waals surface area (Å²) in [4.78, 5) is 23.7. The van der Waals surface area contributed by atoms with Crippen LogP contribution < -0.4 is 19.5 Å². The number of hydrogen-bond acceptors (Lipinski definition) is 8. The summed E-state index contributed by atoms with van der Waals surface area (Å²) in [6.45, 7) is 3.11. The number of likely N-dealkylation sites (tertiary alicyclic amines) is 1. The van der Waals surface area contributed by atoms with Crippen molar-refractivity contribution >= 4 is 11.9 Å². The first-order chi connectivity index (χ1) is 20.4. The van der Waals surface area contributed by atoms with Crippen molar-refractivity contribution in [1.29, 1.82) is 0 Å². The van der Waals surface area contributed by atoms with Gasteiger partial charge in [0.15, 0.2) is 11.5 Å². The molecule has 1 saturated heterocycles. The van der Waals surface area contributed by atoms with Crippen molar-refractivity contribution in [1.82, 2.24) is 10.2 Å². The highest BCUT2D eigenvalue weighted by molar-refractivity contribution is 5.76. The number of carbonyl (C=O) groups excluding carboxylic acids is 1. The Labute approximate surface area is 246 Å². The van der Waals surface area contributed by atoms with Crippen LogP contribution in [-0.2, 0) is 9.59 Å². The largest absolute Gasteiger partial charge is 0.494 e. The maximum Gasteiger partial charge on any atom is 0.490 e. The number of amides is 1. The number of aliphatic hydroxyl groups excluding tert-OH is 2. The lowest BCUT2D eigenvalue weighted by molar-refractivity contribution is -0.192. The molecule has 1 fully saturated rings. The molecular weight excluding hydrogens is 580 g/mol. The number of nitrogens with one attached hydrogen (secondary N) is 1. The second kappa shape index (κ2) is 16.3. The second-order valence-electron chi connectivity index (χ2n) is 10.1. The minimum atomic E-state index is -5.08. The highest BCUT2D eigenvalue weighted by atomic mass is 19.4. The van der Waals surface area contributed by atoms with Crippen LogP contribution in [0.4, 0.5) is 17.6 Å². The zero-order valence-electron chi connectivity index (χ0n) is 23.4. The summed E-state index contributed by atoms with van der Waals surface area (Å²) >= 11 is 0. The average molecular weight is 617 g/mol. The number of carboxylic acids is 1. The molecule has 238 valence electrons. The van der Waals surface area contributed by atoms with E-state index >= 15 is 0 Å². The smallest absolute Gasteiger partial charge is 0.490 e. The number of halogens is 4. The molecule has 0 bridgehead atoms. The van der Waals surface area contributed by atoms with Gasteiger partial charge in [0.1, 0.15) is 30.9 Å². The Morgan fingerprint density at radius 2 is 1.72 bits per heavy atom. The number of unbranched alkanes of at least 4 members (excludes halogenated alkanes) is 2. The molecule has 2 aromatic rings. The van der Waals surface area contributed by atoms with Gasteiger partial charge >= 0.3 is 12.1 Å². The monoisotopic (exact) mass is 616 g/mol. The first kappa shape index (κ1) is 33.9. The number of ether oxygens (including phenoxy) is 3. The van der Waals surface area contributed by atoms with Gasteiger partial charge in [0, 0.05) is 26.1 Å². The molecule has 2 aromatic carbocycles. The Morgan fingerprint density at radius 3 is 2.35 bits per heavy atom. The fourth-order valence-corrected chi connectivity index (χ4v) is 4.52. The van der Waals surface area contributed by atoms with Crippen molar-refractivity contribution in [2.45, 2.75) is 56.5 Å². The predicted octanol–water partition coefficient (Wildman–Crippen LogP) is 3.45. The van der Waals surface area contributed by atoms with E-state index in [1.54, 1.807) is 30.3 Å². The van der Waals surface area contributed by atoms with E-state index in [2.05, 4.69) is 10.2 Å². The number of aliphatic hydroxyl groups is 2. The summed E-state index contributed by atoms with van der Waals surface area (Å²) in [5.74, 6) is -1.33. The minimum absolute atomic E-state index is 0.129. The van der Waals surface area contributed by atoms with Crippen LogP contribution in [0.15, 0.2) is 42.5 Å². The van der Waals surface area contributed by atoms with E-state index in [-0.39, 0.29) is 17.8 Å². The van der Waals surface area contributed by atoms with Gasteiger partial charge in [-0.2, -0.15) is 13.2 Å². The SMILES string of the molecule is O=C(CCCCCOc1ccc(F)cc1)N[C@H](CN1CC[C@H](O)C1)[C@H](O)c1ccc2c(c1)OCCO2.O=C(O)C(F)(F)F. The second-order valence-corrected chi connectivity index (χ2v) is 10.1. The van der Waals surface area contributed by atoms with Gasteiger partial charge in [0.2, 0.25) is 5.91 Å². The van der Waals surface area contributed by atoms with Gasteiger partial charge in [0.05, 0.1) is 18.8 Å². The number of carbonyl (C=O) groups is 2. The third-order valence-electron chi connectivity index (χ3n) is 6.71. The average Bonchev–Trinajstić information content (AvgIpc) is 3.39. The van der Waals surface area contributed by atoms with Gasteiger partial charge in [-0.25, -0.2) is 9.18 Å². The molecule has 10 nitrogen and oxygen atoms in total. The number of fused-ring (bicyclic) bond motifs is 1. The van der Waals surface area contributed by atoms with E-state index in [1.165, 1.54) is 12.1 Å². The summed E-state index contributed by atoms with van der Waals surface area (Å²) in [5.41, 5.74) is 0.641. The lowest BCUT2D eigenvalue weighted by atomic mass is 10.0. The van der Waals surface area contributed by atoms with Crippen LogP contribution in [0.2, 0.25) is 0 Å². The van der Waals surface area contributed by atoms with Crippen LogP contribution in [0.5, 0.6) is 17.2 Å². The fourth-order valence-electron chi connectivity index (χ4n) is 4.52.